The van der Waals surface area contributed by atoms with Crippen LogP contribution in [0.4, 0.5) is 0 Å². The van der Waals surface area contributed by atoms with Gasteiger partial charge in [-0.05, 0) is 35.9 Å². The number of pyridine rings is 2. The van der Waals surface area contributed by atoms with Crippen LogP contribution in [0.15, 0.2) is 102 Å². The summed E-state index contributed by atoms with van der Waals surface area (Å²) in [7, 11) is 0. The summed E-state index contributed by atoms with van der Waals surface area (Å²) in [5.41, 5.74) is 4.09. The average molecular weight is 324 g/mol. The topological polar surface area (TPSA) is 34.9 Å². The van der Waals surface area contributed by atoms with Crippen molar-refractivity contribution in [3.63, 3.8) is 0 Å². The number of hydrogen-bond acceptors (Lipinski definition) is 2. The molecule has 2 aromatic heterocycles. The van der Waals surface area contributed by atoms with Gasteiger partial charge in [0, 0.05) is 29.2 Å². The van der Waals surface area contributed by atoms with Gasteiger partial charge < -0.3 is 0 Å². The number of para-hydroxylation sites is 1. The van der Waals surface area contributed by atoms with E-state index in [4.69, 9.17) is 0 Å². The van der Waals surface area contributed by atoms with Crippen LogP contribution in [-0.2, 0) is 0 Å². The predicted molar refractivity (Wildman–Crippen MR) is 101 cm³/mol. The number of nitrogens with zero attached hydrogens (tertiary/aromatic N) is 2. The zero-order valence-electron chi connectivity index (χ0n) is 13.5. The summed E-state index contributed by atoms with van der Waals surface area (Å²) in [5.74, 6) is 0. The zero-order chi connectivity index (χ0) is 17.1. The van der Waals surface area contributed by atoms with E-state index in [1.807, 2.05) is 91.1 Å². The van der Waals surface area contributed by atoms with E-state index >= 15 is 0 Å². The van der Waals surface area contributed by atoms with Gasteiger partial charge in [-0.1, -0.05) is 54.6 Å². The Balaban J connectivity index is 2.00. The van der Waals surface area contributed by atoms with E-state index in [-0.39, 0.29) is 5.56 Å². The summed E-state index contributed by atoms with van der Waals surface area (Å²) in [6.45, 7) is 0. The highest BCUT2D eigenvalue weighted by Gasteiger charge is 2.11. The summed E-state index contributed by atoms with van der Waals surface area (Å²) in [6, 6.07) is 27.1. The van der Waals surface area contributed by atoms with Gasteiger partial charge in [-0.25, -0.2) is 0 Å². The first kappa shape index (κ1) is 15.1. The zero-order valence-corrected chi connectivity index (χ0v) is 13.5. The summed E-state index contributed by atoms with van der Waals surface area (Å²) in [5, 5.41) is 0. The molecule has 4 aromatic rings. The number of rotatable bonds is 3. The monoisotopic (exact) mass is 324 g/mol. The second-order valence-electron chi connectivity index (χ2n) is 5.73. The van der Waals surface area contributed by atoms with E-state index in [9.17, 15) is 4.79 Å². The molecule has 0 bridgehead atoms. The molecule has 0 aliphatic carbocycles. The molecule has 0 amide bonds. The Kier molecular flexibility index (Phi) is 3.97. The maximum absolute atomic E-state index is 13.1. The van der Waals surface area contributed by atoms with Crippen LogP contribution < -0.4 is 5.56 Å². The molecule has 0 N–H and O–H groups in total. The lowest BCUT2D eigenvalue weighted by Gasteiger charge is -2.12. The minimum Gasteiger partial charge on any atom is -0.283 e. The summed E-state index contributed by atoms with van der Waals surface area (Å²) < 4.78 is 1.69. The highest BCUT2D eigenvalue weighted by Crippen LogP contribution is 2.23. The first-order valence-corrected chi connectivity index (χ1v) is 8.12. The standard InChI is InChI=1S/C22H16N2O/c25-22-20(17-9-3-1-4-10-17)15-18(21-13-7-8-14-23-21)16-24(22)19-11-5-2-6-12-19/h1-16H. The van der Waals surface area contributed by atoms with Crippen LogP contribution in [0.3, 0.4) is 0 Å². The quantitative estimate of drug-likeness (QED) is 0.553. The number of hydrogen-bond donors (Lipinski definition) is 0. The largest absolute Gasteiger partial charge is 0.283 e. The molecule has 3 nitrogen and oxygen atoms in total. The third-order valence-corrected chi connectivity index (χ3v) is 4.10. The van der Waals surface area contributed by atoms with Crippen molar-refractivity contribution in [1.82, 2.24) is 9.55 Å². The van der Waals surface area contributed by atoms with Crippen molar-refractivity contribution in [2.75, 3.05) is 0 Å². The SMILES string of the molecule is O=c1c(-c2ccccc2)cc(-c2ccccn2)cn1-c1ccccc1. The Morgan fingerprint density at radius 3 is 2.08 bits per heavy atom. The van der Waals surface area contributed by atoms with E-state index in [0.29, 0.717) is 5.56 Å². The molecule has 0 aliphatic heterocycles. The number of aromatic nitrogens is 2. The van der Waals surface area contributed by atoms with E-state index in [1.54, 1.807) is 10.8 Å². The molecule has 0 radical (unpaired) electrons. The maximum atomic E-state index is 13.1. The maximum Gasteiger partial charge on any atom is 0.262 e. The molecule has 0 saturated heterocycles. The van der Waals surface area contributed by atoms with Gasteiger partial charge in [0.2, 0.25) is 0 Å². The molecule has 3 heteroatoms. The lowest BCUT2D eigenvalue weighted by Crippen LogP contribution is -2.20. The van der Waals surface area contributed by atoms with Gasteiger partial charge in [0.25, 0.3) is 5.56 Å². The van der Waals surface area contributed by atoms with Crippen molar-refractivity contribution >= 4 is 0 Å². The van der Waals surface area contributed by atoms with Crippen molar-refractivity contribution in [2.24, 2.45) is 0 Å². The lowest BCUT2D eigenvalue weighted by atomic mass is 10.0. The highest BCUT2D eigenvalue weighted by molar-refractivity contribution is 5.70. The van der Waals surface area contributed by atoms with Gasteiger partial charge in [0.15, 0.2) is 0 Å². The highest BCUT2D eigenvalue weighted by atomic mass is 16.1. The summed E-state index contributed by atoms with van der Waals surface area (Å²) in [4.78, 5) is 17.5. The van der Waals surface area contributed by atoms with Gasteiger partial charge in [-0.2, -0.15) is 0 Å². The first-order valence-electron chi connectivity index (χ1n) is 8.12. The Bertz CT molecular complexity index is 976. The Hall–Kier alpha value is -3.46. The predicted octanol–water partition coefficient (Wildman–Crippen LogP) is 4.57. The van der Waals surface area contributed by atoms with Crippen LogP contribution >= 0.6 is 0 Å². The van der Waals surface area contributed by atoms with E-state index in [2.05, 4.69) is 4.98 Å². The third-order valence-electron chi connectivity index (χ3n) is 4.10. The molecule has 0 spiro atoms. The molecule has 4 rings (SSSR count). The smallest absolute Gasteiger partial charge is 0.262 e. The Morgan fingerprint density at radius 2 is 1.40 bits per heavy atom. The van der Waals surface area contributed by atoms with Gasteiger partial charge in [-0.15, -0.1) is 0 Å². The lowest BCUT2D eigenvalue weighted by molar-refractivity contribution is 0.993. The molecule has 0 unspecified atom stereocenters. The molecule has 25 heavy (non-hydrogen) atoms. The van der Waals surface area contributed by atoms with E-state index < -0.39 is 0 Å². The molecule has 2 heterocycles. The van der Waals surface area contributed by atoms with Crippen LogP contribution in [0, 0.1) is 0 Å². The van der Waals surface area contributed by atoms with Crippen LogP contribution in [0.2, 0.25) is 0 Å². The van der Waals surface area contributed by atoms with Crippen molar-refractivity contribution < 1.29 is 0 Å². The fourth-order valence-electron chi connectivity index (χ4n) is 2.86. The van der Waals surface area contributed by atoms with E-state index in [1.165, 1.54) is 0 Å². The molecule has 0 atom stereocenters. The molecular weight excluding hydrogens is 308 g/mol. The van der Waals surface area contributed by atoms with E-state index in [0.717, 1.165) is 22.5 Å². The molecule has 120 valence electrons. The molecule has 2 aromatic carbocycles. The number of benzene rings is 2. The van der Waals surface area contributed by atoms with Gasteiger partial charge >= 0.3 is 0 Å². The minimum absolute atomic E-state index is 0.0444. The van der Waals surface area contributed by atoms with Crippen molar-refractivity contribution in [2.45, 2.75) is 0 Å². The fraction of sp³-hybridized carbons (Fsp3) is 0. The van der Waals surface area contributed by atoms with Crippen LogP contribution in [0.1, 0.15) is 0 Å². The summed E-state index contributed by atoms with van der Waals surface area (Å²) >= 11 is 0. The summed E-state index contributed by atoms with van der Waals surface area (Å²) in [6.07, 6.45) is 3.61. The van der Waals surface area contributed by atoms with Crippen molar-refractivity contribution in [3.8, 4) is 28.1 Å². The molecule has 0 aliphatic rings. The first-order chi connectivity index (χ1) is 12.3. The molecular formula is C22H16N2O. The fourth-order valence-corrected chi connectivity index (χ4v) is 2.86. The van der Waals surface area contributed by atoms with Gasteiger partial charge in [-0.3, -0.25) is 14.3 Å². The van der Waals surface area contributed by atoms with Crippen molar-refractivity contribution in [3.05, 3.63) is 108 Å². The second-order valence-corrected chi connectivity index (χ2v) is 5.73. The van der Waals surface area contributed by atoms with Crippen LogP contribution in [-0.4, -0.2) is 9.55 Å². The van der Waals surface area contributed by atoms with Gasteiger partial charge in [0.1, 0.15) is 0 Å². The Morgan fingerprint density at radius 1 is 0.720 bits per heavy atom. The van der Waals surface area contributed by atoms with Crippen LogP contribution in [0.5, 0.6) is 0 Å². The average Bonchev–Trinajstić information content (AvgIpc) is 2.70. The third kappa shape index (κ3) is 3.00. The second kappa shape index (κ2) is 6.57. The van der Waals surface area contributed by atoms with Crippen LogP contribution in [0.25, 0.3) is 28.1 Å². The Labute approximate surface area is 145 Å². The molecule has 0 fully saturated rings. The molecule has 0 saturated carbocycles. The normalized spacial score (nSPS) is 10.6. The van der Waals surface area contributed by atoms with Gasteiger partial charge in [0.05, 0.1) is 5.69 Å². The van der Waals surface area contributed by atoms with Crippen molar-refractivity contribution in [1.29, 1.82) is 0 Å². The minimum atomic E-state index is -0.0444.